The molecule has 0 bridgehead atoms. The van der Waals surface area contributed by atoms with E-state index in [9.17, 15) is 18.0 Å². The van der Waals surface area contributed by atoms with Gasteiger partial charge in [0.25, 0.3) is 0 Å². The van der Waals surface area contributed by atoms with Gasteiger partial charge in [-0.2, -0.15) is 18.3 Å². The van der Waals surface area contributed by atoms with Gasteiger partial charge in [0.15, 0.2) is 12.1 Å². The van der Waals surface area contributed by atoms with Crippen molar-refractivity contribution in [3.05, 3.63) is 53.6 Å². The van der Waals surface area contributed by atoms with Gasteiger partial charge >= 0.3 is 12.3 Å². The van der Waals surface area contributed by atoms with E-state index in [1.165, 1.54) is 0 Å². The van der Waals surface area contributed by atoms with E-state index in [2.05, 4.69) is 15.0 Å². The minimum Gasteiger partial charge on any atom is -0.444 e. The number of hydrogen-bond donors (Lipinski definition) is 1. The van der Waals surface area contributed by atoms with Crippen LogP contribution in [0.3, 0.4) is 0 Å². The Morgan fingerprint density at radius 2 is 1.98 bits per heavy atom. The Hall–Kier alpha value is -3.93. The van der Waals surface area contributed by atoms with Gasteiger partial charge in [-0.1, -0.05) is 6.07 Å². The number of alkyl halides is 3. The van der Waals surface area contributed by atoms with E-state index < -0.39 is 23.6 Å². The largest absolute Gasteiger partial charge is 0.444 e. The molecule has 1 aliphatic rings. The van der Waals surface area contributed by atoms with Gasteiger partial charge in [0.1, 0.15) is 17.0 Å². The number of aromatic amines is 1. The predicted molar refractivity (Wildman–Crippen MR) is 151 cm³/mol. The summed E-state index contributed by atoms with van der Waals surface area (Å²) in [6, 6.07) is 5.74. The van der Waals surface area contributed by atoms with Gasteiger partial charge in [0.2, 0.25) is 0 Å². The van der Waals surface area contributed by atoms with Crippen LogP contribution < -0.4 is 0 Å². The summed E-state index contributed by atoms with van der Waals surface area (Å²) in [5.41, 5.74) is 2.90. The van der Waals surface area contributed by atoms with Crippen molar-refractivity contribution in [2.75, 3.05) is 13.2 Å². The highest BCUT2D eigenvalue weighted by molar-refractivity contribution is 5.95. The average Bonchev–Trinajstić information content (AvgIpc) is 3.57. The number of amides is 1. The molecule has 1 atom stereocenters. The Balaban J connectivity index is 1.56. The number of pyridine rings is 1. The summed E-state index contributed by atoms with van der Waals surface area (Å²) in [4.78, 5) is 25.2. The first kappa shape index (κ1) is 29.6. The SMILES string of the molecule is CCN(Cc1cncc(-c2ccc3c(c2)c(-c2ncc(C(F)(F)F)[nH]2)nn3C2CCCCO2)c1C)C(=O)OC(C)(C)C. The van der Waals surface area contributed by atoms with E-state index >= 15 is 0 Å². The van der Waals surface area contributed by atoms with Crippen LogP contribution in [0.25, 0.3) is 33.5 Å². The monoisotopic (exact) mass is 584 g/mol. The number of fused-ring (bicyclic) bond motifs is 1. The molecule has 1 aromatic carbocycles. The normalized spacial score (nSPS) is 16.1. The van der Waals surface area contributed by atoms with Crippen LogP contribution >= 0.6 is 0 Å². The van der Waals surface area contributed by atoms with Crippen LogP contribution in [0.5, 0.6) is 0 Å². The van der Waals surface area contributed by atoms with Gasteiger partial charge in [-0.15, -0.1) is 0 Å². The molecular weight excluding hydrogens is 549 g/mol. The van der Waals surface area contributed by atoms with Crippen molar-refractivity contribution < 1.29 is 27.4 Å². The van der Waals surface area contributed by atoms with Crippen molar-refractivity contribution in [2.24, 2.45) is 0 Å². The molecule has 1 unspecified atom stereocenters. The fourth-order valence-electron chi connectivity index (χ4n) is 5.06. The highest BCUT2D eigenvalue weighted by Crippen LogP contribution is 2.37. The van der Waals surface area contributed by atoms with E-state index in [0.29, 0.717) is 30.8 Å². The Kier molecular flexibility index (Phi) is 8.02. The first-order valence-corrected chi connectivity index (χ1v) is 14.0. The van der Waals surface area contributed by atoms with E-state index in [1.54, 1.807) is 22.0 Å². The first-order valence-electron chi connectivity index (χ1n) is 14.0. The second kappa shape index (κ2) is 11.4. The number of imidazole rings is 1. The smallest absolute Gasteiger partial charge is 0.432 e. The van der Waals surface area contributed by atoms with Crippen LogP contribution in [0.1, 0.15) is 70.0 Å². The summed E-state index contributed by atoms with van der Waals surface area (Å²) in [6.07, 6.45) is 1.63. The fraction of sp³-hybridized carbons (Fsp3) is 0.467. The molecular formula is C30H35F3N6O3. The number of nitrogens with zero attached hydrogens (tertiary/aromatic N) is 5. The van der Waals surface area contributed by atoms with Crippen molar-refractivity contribution in [2.45, 2.75) is 78.4 Å². The van der Waals surface area contributed by atoms with Gasteiger partial charge in [-0.25, -0.2) is 14.5 Å². The lowest BCUT2D eigenvalue weighted by atomic mass is 9.97. The van der Waals surface area contributed by atoms with E-state index in [4.69, 9.17) is 14.6 Å². The topological polar surface area (TPSA) is 98.2 Å². The molecule has 1 fully saturated rings. The molecule has 1 aliphatic heterocycles. The maximum absolute atomic E-state index is 13.4. The summed E-state index contributed by atoms with van der Waals surface area (Å²) in [5, 5.41) is 5.35. The van der Waals surface area contributed by atoms with Crippen LogP contribution in [-0.4, -0.2) is 54.5 Å². The number of carbonyl (C=O) groups excluding carboxylic acids is 1. The summed E-state index contributed by atoms with van der Waals surface area (Å²) in [6.45, 7) is 10.7. The highest BCUT2D eigenvalue weighted by atomic mass is 19.4. The van der Waals surface area contributed by atoms with Gasteiger partial charge < -0.3 is 19.4 Å². The van der Waals surface area contributed by atoms with Crippen molar-refractivity contribution in [1.29, 1.82) is 0 Å². The number of benzene rings is 1. The molecule has 42 heavy (non-hydrogen) atoms. The molecule has 12 heteroatoms. The highest BCUT2D eigenvalue weighted by Gasteiger charge is 2.34. The Labute approximate surface area is 242 Å². The van der Waals surface area contributed by atoms with Crippen LogP contribution in [0.2, 0.25) is 0 Å². The number of ether oxygens (including phenoxy) is 2. The van der Waals surface area contributed by atoms with Crippen molar-refractivity contribution in [3.63, 3.8) is 0 Å². The number of nitrogens with one attached hydrogen (secondary N) is 1. The van der Waals surface area contributed by atoms with Gasteiger partial charge in [0, 0.05) is 36.5 Å². The fourth-order valence-corrected chi connectivity index (χ4v) is 5.06. The Bertz CT molecular complexity index is 1580. The second-order valence-corrected chi connectivity index (χ2v) is 11.5. The maximum atomic E-state index is 13.4. The predicted octanol–water partition coefficient (Wildman–Crippen LogP) is 7.27. The number of rotatable bonds is 6. The third-order valence-electron chi connectivity index (χ3n) is 7.27. The molecule has 4 heterocycles. The van der Waals surface area contributed by atoms with E-state index in [-0.39, 0.29) is 12.1 Å². The average molecular weight is 585 g/mol. The molecule has 0 aliphatic carbocycles. The second-order valence-electron chi connectivity index (χ2n) is 11.5. The van der Waals surface area contributed by atoms with Crippen LogP contribution in [0.15, 0.2) is 36.8 Å². The number of hydrogen-bond acceptors (Lipinski definition) is 6. The van der Waals surface area contributed by atoms with E-state index in [1.807, 2.05) is 52.8 Å². The summed E-state index contributed by atoms with van der Waals surface area (Å²) < 4.78 is 53.4. The zero-order valence-corrected chi connectivity index (χ0v) is 24.4. The van der Waals surface area contributed by atoms with Crippen molar-refractivity contribution in [3.8, 4) is 22.6 Å². The third-order valence-corrected chi connectivity index (χ3v) is 7.27. The zero-order chi connectivity index (χ0) is 30.2. The molecule has 3 aromatic heterocycles. The zero-order valence-electron chi connectivity index (χ0n) is 24.4. The minimum atomic E-state index is -4.56. The van der Waals surface area contributed by atoms with Crippen LogP contribution in [0.4, 0.5) is 18.0 Å². The lowest BCUT2D eigenvalue weighted by Gasteiger charge is -2.27. The lowest BCUT2D eigenvalue weighted by molar-refractivity contribution is -0.140. The van der Waals surface area contributed by atoms with E-state index in [0.717, 1.165) is 53.2 Å². The molecule has 224 valence electrons. The number of carbonyl (C=O) groups is 1. The third kappa shape index (κ3) is 6.13. The summed E-state index contributed by atoms with van der Waals surface area (Å²) >= 11 is 0. The van der Waals surface area contributed by atoms with Crippen LogP contribution in [0, 0.1) is 6.92 Å². The standard InChI is InChI=1S/C30H35F3N6O3/c1-6-38(28(40)42-29(3,4)5)17-20-14-34-15-22(18(20)2)19-10-11-23-21(13-19)26(27-35-16-24(36-27)30(31,32)33)37-39(23)25-9-7-8-12-41-25/h10-11,13-16,25H,6-9,12,17H2,1-5H3,(H,35,36). The maximum Gasteiger partial charge on any atom is 0.432 e. The molecule has 1 N–H and O–H groups in total. The first-order chi connectivity index (χ1) is 19.9. The summed E-state index contributed by atoms with van der Waals surface area (Å²) in [5.74, 6) is 0.0265. The molecule has 0 spiro atoms. The van der Waals surface area contributed by atoms with Gasteiger partial charge in [-0.3, -0.25) is 4.98 Å². The summed E-state index contributed by atoms with van der Waals surface area (Å²) in [7, 11) is 0. The molecule has 9 nitrogen and oxygen atoms in total. The molecule has 0 saturated carbocycles. The molecule has 1 amide bonds. The number of halogens is 3. The minimum absolute atomic E-state index is 0.0265. The number of aromatic nitrogens is 5. The lowest BCUT2D eigenvalue weighted by Crippen LogP contribution is -2.36. The Morgan fingerprint density at radius 1 is 1.19 bits per heavy atom. The Morgan fingerprint density at radius 3 is 2.62 bits per heavy atom. The quantitative estimate of drug-likeness (QED) is 0.256. The molecule has 5 rings (SSSR count). The van der Waals surface area contributed by atoms with Gasteiger partial charge in [-0.05, 0) is 82.7 Å². The van der Waals surface area contributed by atoms with Crippen molar-refractivity contribution >= 4 is 17.0 Å². The number of H-pyrrole nitrogens is 1. The molecule has 0 radical (unpaired) electrons. The molecule has 1 saturated heterocycles. The van der Waals surface area contributed by atoms with Crippen molar-refractivity contribution in [1.82, 2.24) is 29.6 Å². The van der Waals surface area contributed by atoms with Crippen LogP contribution in [-0.2, 0) is 22.2 Å². The van der Waals surface area contributed by atoms with Gasteiger partial charge in [0.05, 0.1) is 18.3 Å². The molecule has 4 aromatic rings.